The lowest BCUT2D eigenvalue weighted by Crippen LogP contribution is -2.61. The number of piperazine rings is 1. The van der Waals surface area contributed by atoms with Crippen LogP contribution in [0.2, 0.25) is 0 Å². The second kappa shape index (κ2) is 6.71. The molecule has 2 atom stereocenters. The first-order chi connectivity index (χ1) is 9.11. The molecular formula is C15H29N3O. The molecule has 0 aromatic heterocycles. The first-order valence-electron chi connectivity index (χ1n) is 7.79. The van der Waals surface area contributed by atoms with Gasteiger partial charge in [-0.05, 0) is 25.7 Å². The van der Waals surface area contributed by atoms with E-state index in [0.717, 1.165) is 25.6 Å². The molecule has 2 aliphatic rings. The molecule has 1 heterocycles. The minimum atomic E-state index is 0.0284. The van der Waals surface area contributed by atoms with Gasteiger partial charge in [0.1, 0.15) is 6.04 Å². The Morgan fingerprint density at radius 2 is 1.95 bits per heavy atom. The molecule has 0 aromatic rings. The highest BCUT2D eigenvalue weighted by molar-refractivity contribution is 5.81. The number of hydrogen-bond acceptors (Lipinski definition) is 3. The fourth-order valence-electron chi connectivity index (χ4n) is 3.62. The van der Waals surface area contributed by atoms with Gasteiger partial charge in [-0.25, -0.2) is 0 Å². The van der Waals surface area contributed by atoms with Crippen LogP contribution in [0.5, 0.6) is 0 Å². The molecule has 110 valence electrons. The van der Waals surface area contributed by atoms with Crippen molar-refractivity contribution in [1.82, 2.24) is 15.1 Å². The summed E-state index contributed by atoms with van der Waals surface area (Å²) in [7, 11) is 3.72. The molecule has 0 aromatic carbocycles. The third kappa shape index (κ3) is 3.48. The summed E-state index contributed by atoms with van der Waals surface area (Å²) in [6.07, 6.45) is 6.81. The molecule has 19 heavy (non-hydrogen) atoms. The predicted octanol–water partition coefficient (Wildman–Crippen LogP) is 1.32. The number of amides is 1. The van der Waals surface area contributed by atoms with Crippen molar-refractivity contribution in [2.75, 3.05) is 33.7 Å². The summed E-state index contributed by atoms with van der Waals surface area (Å²) in [6, 6.07) is 0.567. The standard InChI is InChI=1S/C15H29N3O/c1-12(13-7-5-4-6-8-13)18-10-9-16-11-14(18)15(19)17(2)3/h12-14,16H,4-11H2,1-3H3. The Hall–Kier alpha value is -0.610. The number of likely N-dealkylation sites (N-methyl/N-ethyl adjacent to an activating group) is 1. The average Bonchev–Trinajstić information content (AvgIpc) is 2.46. The minimum Gasteiger partial charge on any atom is -0.347 e. The van der Waals surface area contributed by atoms with Crippen molar-refractivity contribution in [3.8, 4) is 0 Å². The summed E-state index contributed by atoms with van der Waals surface area (Å²) in [5.41, 5.74) is 0. The van der Waals surface area contributed by atoms with Gasteiger partial charge < -0.3 is 10.2 Å². The first kappa shape index (κ1) is 14.8. The fraction of sp³-hybridized carbons (Fsp3) is 0.933. The number of nitrogens with one attached hydrogen (secondary N) is 1. The SMILES string of the molecule is CC(C1CCCCC1)N1CCNCC1C(=O)N(C)C. The monoisotopic (exact) mass is 267 g/mol. The predicted molar refractivity (Wildman–Crippen MR) is 78.1 cm³/mol. The molecule has 2 rings (SSSR count). The summed E-state index contributed by atoms with van der Waals surface area (Å²) in [5, 5.41) is 3.37. The van der Waals surface area contributed by atoms with Crippen LogP contribution in [0.1, 0.15) is 39.0 Å². The van der Waals surface area contributed by atoms with Crippen molar-refractivity contribution in [1.29, 1.82) is 0 Å². The van der Waals surface area contributed by atoms with Crippen LogP contribution in [0, 0.1) is 5.92 Å². The largest absolute Gasteiger partial charge is 0.347 e. The van der Waals surface area contributed by atoms with Crippen LogP contribution in [0.25, 0.3) is 0 Å². The highest BCUT2D eigenvalue weighted by Crippen LogP contribution is 2.30. The smallest absolute Gasteiger partial charge is 0.240 e. The second-order valence-corrected chi connectivity index (χ2v) is 6.33. The zero-order valence-electron chi connectivity index (χ0n) is 12.7. The molecule has 1 saturated heterocycles. The quantitative estimate of drug-likeness (QED) is 0.837. The summed E-state index contributed by atoms with van der Waals surface area (Å²) in [5.74, 6) is 1.03. The van der Waals surface area contributed by atoms with Gasteiger partial charge in [-0.3, -0.25) is 9.69 Å². The molecule has 1 aliphatic carbocycles. The van der Waals surface area contributed by atoms with Crippen LogP contribution in [-0.4, -0.2) is 61.5 Å². The van der Waals surface area contributed by atoms with Crippen LogP contribution in [0.3, 0.4) is 0 Å². The van der Waals surface area contributed by atoms with Crippen molar-refractivity contribution in [2.45, 2.75) is 51.1 Å². The van der Waals surface area contributed by atoms with Gasteiger partial charge in [0.15, 0.2) is 0 Å². The lowest BCUT2D eigenvalue weighted by molar-refractivity contribution is -0.136. The van der Waals surface area contributed by atoms with Gasteiger partial charge in [0, 0.05) is 39.8 Å². The average molecular weight is 267 g/mol. The van der Waals surface area contributed by atoms with Gasteiger partial charge in [-0.1, -0.05) is 19.3 Å². The molecule has 1 amide bonds. The van der Waals surface area contributed by atoms with E-state index in [1.165, 1.54) is 32.1 Å². The van der Waals surface area contributed by atoms with Gasteiger partial charge in [0.05, 0.1) is 0 Å². The number of nitrogens with zero attached hydrogens (tertiary/aromatic N) is 2. The van der Waals surface area contributed by atoms with Crippen molar-refractivity contribution in [2.24, 2.45) is 5.92 Å². The van der Waals surface area contributed by atoms with Crippen LogP contribution in [-0.2, 0) is 4.79 Å². The Labute approximate surface area is 117 Å². The fourth-order valence-corrected chi connectivity index (χ4v) is 3.62. The second-order valence-electron chi connectivity index (χ2n) is 6.33. The maximum Gasteiger partial charge on any atom is 0.240 e. The molecule has 4 heteroatoms. The topological polar surface area (TPSA) is 35.6 Å². The van der Waals surface area contributed by atoms with E-state index in [9.17, 15) is 4.79 Å². The van der Waals surface area contributed by atoms with E-state index >= 15 is 0 Å². The Kier molecular flexibility index (Phi) is 5.22. The molecule has 0 radical (unpaired) electrons. The van der Waals surface area contributed by atoms with Gasteiger partial charge in [0.25, 0.3) is 0 Å². The Morgan fingerprint density at radius 3 is 2.58 bits per heavy atom. The summed E-state index contributed by atoms with van der Waals surface area (Å²) in [6.45, 7) is 5.14. The van der Waals surface area contributed by atoms with Crippen LogP contribution >= 0.6 is 0 Å². The highest BCUT2D eigenvalue weighted by Gasteiger charge is 2.35. The Bertz CT molecular complexity index is 300. The Morgan fingerprint density at radius 1 is 1.26 bits per heavy atom. The Balaban J connectivity index is 2.03. The van der Waals surface area contributed by atoms with Crippen molar-refractivity contribution in [3.05, 3.63) is 0 Å². The number of rotatable bonds is 3. The van der Waals surface area contributed by atoms with Gasteiger partial charge in [-0.2, -0.15) is 0 Å². The van der Waals surface area contributed by atoms with E-state index in [1.54, 1.807) is 4.90 Å². The highest BCUT2D eigenvalue weighted by atomic mass is 16.2. The third-order valence-electron chi connectivity index (χ3n) is 4.87. The molecule has 4 nitrogen and oxygen atoms in total. The van der Waals surface area contributed by atoms with Crippen molar-refractivity contribution in [3.63, 3.8) is 0 Å². The number of carbonyl (C=O) groups is 1. The molecule has 1 N–H and O–H groups in total. The van der Waals surface area contributed by atoms with Gasteiger partial charge in [-0.15, -0.1) is 0 Å². The molecule has 1 saturated carbocycles. The molecular weight excluding hydrogens is 238 g/mol. The van der Waals surface area contributed by atoms with E-state index in [0.29, 0.717) is 6.04 Å². The maximum absolute atomic E-state index is 12.3. The van der Waals surface area contributed by atoms with Crippen molar-refractivity contribution >= 4 is 5.91 Å². The normalized spacial score (nSPS) is 28.1. The lowest BCUT2D eigenvalue weighted by atomic mass is 9.83. The van der Waals surface area contributed by atoms with E-state index in [4.69, 9.17) is 0 Å². The molecule has 0 spiro atoms. The van der Waals surface area contributed by atoms with Crippen LogP contribution < -0.4 is 5.32 Å². The zero-order chi connectivity index (χ0) is 13.8. The lowest BCUT2D eigenvalue weighted by Gasteiger charge is -2.44. The van der Waals surface area contributed by atoms with E-state index < -0.39 is 0 Å². The van der Waals surface area contributed by atoms with Crippen molar-refractivity contribution < 1.29 is 4.79 Å². The third-order valence-corrected chi connectivity index (χ3v) is 4.87. The summed E-state index contributed by atoms with van der Waals surface area (Å²) >= 11 is 0. The van der Waals surface area contributed by atoms with Crippen LogP contribution in [0.15, 0.2) is 0 Å². The molecule has 2 fully saturated rings. The minimum absolute atomic E-state index is 0.0284. The van der Waals surface area contributed by atoms with E-state index in [1.807, 2.05) is 14.1 Å². The maximum atomic E-state index is 12.3. The summed E-state index contributed by atoms with van der Waals surface area (Å²) in [4.78, 5) is 16.5. The van der Waals surface area contributed by atoms with E-state index in [-0.39, 0.29) is 11.9 Å². The molecule has 1 aliphatic heterocycles. The molecule has 0 bridgehead atoms. The summed E-state index contributed by atoms with van der Waals surface area (Å²) < 4.78 is 0. The van der Waals surface area contributed by atoms with E-state index in [2.05, 4.69) is 17.1 Å². The number of carbonyl (C=O) groups excluding carboxylic acids is 1. The molecule has 2 unspecified atom stereocenters. The zero-order valence-corrected chi connectivity index (χ0v) is 12.7. The first-order valence-corrected chi connectivity index (χ1v) is 7.79. The van der Waals surface area contributed by atoms with Gasteiger partial charge in [0.2, 0.25) is 5.91 Å². The van der Waals surface area contributed by atoms with Gasteiger partial charge >= 0.3 is 0 Å². The number of hydrogen-bond donors (Lipinski definition) is 1. The van der Waals surface area contributed by atoms with Crippen LogP contribution in [0.4, 0.5) is 0 Å².